The van der Waals surface area contributed by atoms with Crippen molar-refractivity contribution in [2.24, 2.45) is 0 Å². The zero-order valence-corrected chi connectivity index (χ0v) is 18.1. The van der Waals surface area contributed by atoms with Crippen LogP contribution in [-0.4, -0.2) is 44.6 Å². The minimum atomic E-state index is -0.424. The van der Waals surface area contributed by atoms with Gasteiger partial charge in [-0.05, 0) is 25.0 Å². The Hall–Kier alpha value is -2.78. The topological polar surface area (TPSA) is 99.8 Å². The molecule has 1 aliphatic heterocycles. The van der Waals surface area contributed by atoms with E-state index >= 15 is 0 Å². The molecule has 1 fully saturated rings. The fraction of sp³-hybridized carbons (Fsp3) is 0.429. The summed E-state index contributed by atoms with van der Waals surface area (Å²) >= 11 is 1.38. The monoisotopic (exact) mass is 427 g/mol. The lowest BCUT2D eigenvalue weighted by molar-refractivity contribution is 0.102. The molecule has 0 aliphatic carbocycles. The van der Waals surface area contributed by atoms with Gasteiger partial charge in [0.15, 0.2) is 5.13 Å². The number of pyridine rings is 1. The lowest BCUT2D eigenvalue weighted by Crippen LogP contribution is -2.39. The first-order valence-electron chi connectivity index (χ1n) is 9.94. The lowest BCUT2D eigenvalue weighted by Gasteiger charge is -2.30. The third kappa shape index (κ3) is 4.22. The second-order valence-corrected chi connectivity index (χ2v) is 9.44. The number of aliphatic hydroxyl groups excluding tert-OH is 1. The molecule has 1 aliphatic rings. The summed E-state index contributed by atoms with van der Waals surface area (Å²) in [6.07, 6.45) is 2.72. The van der Waals surface area contributed by atoms with Gasteiger partial charge in [0.2, 0.25) is 0 Å². The van der Waals surface area contributed by atoms with Gasteiger partial charge in [0.05, 0.1) is 11.8 Å². The van der Waals surface area contributed by atoms with Gasteiger partial charge in [-0.1, -0.05) is 20.8 Å². The molecule has 0 unspecified atom stereocenters. The summed E-state index contributed by atoms with van der Waals surface area (Å²) in [5.74, 6) is 0.214. The predicted molar refractivity (Wildman–Crippen MR) is 118 cm³/mol. The van der Waals surface area contributed by atoms with Crippen LogP contribution in [0.25, 0.3) is 5.65 Å². The Bertz CT molecular complexity index is 1150. The predicted octanol–water partition coefficient (Wildman–Crippen LogP) is 2.66. The molecular formula is C21H25N5O3S. The average Bonchev–Trinajstić information content (AvgIpc) is 3.16. The molecule has 0 aromatic carbocycles. The zero-order chi connectivity index (χ0) is 21.5. The molecular weight excluding hydrogens is 402 g/mol. The summed E-state index contributed by atoms with van der Waals surface area (Å²) in [6, 6.07) is 4.65. The van der Waals surface area contributed by atoms with E-state index < -0.39 is 6.10 Å². The van der Waals surface area contributed by atoms with E-state index in [1.807, 2.05) is 10.3 Å². The molecule has 2 N–H and O–H groups in total. The van der Waals surface area contributed by atoms with Crippen molar-refractivity contribution in [1.82, 2.24) is 14.4 Å². The van der Waals surface area contributed by atoms with Gasteiger partial charge in [-0.15, -0.1) is 11.3 Å². The summed E-state index contributed by atoms with van der Waals surface area (Å²) in [6.45, 7) is 7.39. The van der Waals surface area contributed by atoms with Crippen LogP contribution >= 0.6 is 11.3 Å². The number of nitrogens with one attached hydrogen (secondary N) is 1. The number of anilines is 2. The zero-order valence-electron chi connectivity index (χ0n) is 17.3. The largest absolute Gasteiger partial charge is 0.391 e. The number of fused-ring (bicyclic) bond motifs is 1. The Labute approximate surface area is 178 Å². The summed E-state index contributed by atoms with van der Waals surface area (Å²) in [5, 5.41) is 15.2. The molecule has 0 saturated carbocycles. The van der Waals surface area contributed by atoms with E-state index in [-0.39, 0.29) is 16.9 Å². The molecule has 0 bridgehead atoms. The summed E-state index contributed by atoms with van der Waals surface area (Å²) in [4.78, 5) is 36.2. The van der Waals surface area contributed by atoms with Crippen LogP contribution in [0, 0.1) is 0 Å². The number of hydrogen-bond donors (Lipinski definition) is 2. The molecule has 4 heterocycles. The molecule has 9 heteroatoms. The lowest BCUT2D eigenvalue weighted by atomic mass is 9.93. The molecule has 4 rings (SSSR count). The molecule has 1 atom stereocenters. The highest BCUT2D eigenvalue weighted by atomic mass is 32.1. The molecule has 0 spiro atoms. The van der Waals surface area contributed by atoms with Crippen LogP contribution in [0.4, 0.5) is 10.9 Å². The Balaban J connectivity index is 1.61. The smallest absolute Gasteiger partial charge is 0.259 e. The minimum Gasteiger partial charge on any atom is -0.391 e. The number of thiazole rings is 1. The highest BCUT2D eigenvalue weighted by molar-refractivity contribution is 7.14. The maximum atomic E-state index is 12.7. The van der Waals surface area contributed by atoms with Crippen molar-refractivity contribution in [3.05, 3.63) is 51.4 Å². The number of β-amino-alcohol motifs (C(OH)–C–C–N with tert-alkyl or cyclic N) is 1. The first-order valence-corrected chi connectivity index (χ1v) is 10.8. The van der Waals surface area contributed by atoms with Gasteiger partial charge in [-0.25, -0.2) is 9.97 Å². The van der Waals surface area contributed by atoms with Crippen molar-refractivity contribution >= 4 is 33.8 Å². The van der Waals surface area contributed by atoms with Gasteiger partial charge in [0.25, 0.3) is 11.5 Å². The van der Waals surface area contributed by atoms with E-state index in [4.69, 9.17) is 0 Å². The molecule has 1 amide bonds. The Morgan fingerprint density at radius 2 is 2.10 bits per heavy atom. The molecule has 1 saturated heterocycles. The molecule has 30 heavy (non-hydrogen) atoms. The van der Waals surface area contributed by atoms with Gasteiger partial charge in [0, 0.05) is 41.7 Å². The molecule has 3 aromatic heterocycles. The van der Waals surface area contributed by atoms with Crippen LogP contribution in [0.3, 0.4) is 0 Å². The van der Waals surface area contributed by atoms with Gasteiger partial charge in [0.1, 0.15) is 11.5 Å². The Morgan fingerprint density at radius 1 is 1.30 bits per heavy atom. The van der Waals surface area contributed by atoms with E-state index in [0.29, 0.717) is 28.7 Å². The summed E-state index contributed by atoms with van der Waals surface area (Å²) in [7, 11) is 0. The van der Waals surface area contributed by atoms with Crippen molar-refractivity contribution in [2.45, 2.75) is 45.1 Å². The number of aliphatic hydroxyl groups is 1. The standard InChI is InChI=1S/C21H25N5O3S/c1-21(2,3)15-12-30-20(22-15)24-19(29)13-6-8-26-17(9-13)23-16(10-18(26)28)25-7-4-5-14(27)11-25/h6,8-10,12,14,27H,4-5,7,11H2,1-3H3,(H,22,24,29)/t14-/m1/s1. The van der Waals surface area contributed by atoms with E-state index in [0.717, 1.165) is 25.1 Å². The van der Waals surface area contributed by atoms with E-state index in [9.17, 15) is 14.7 Å². The highest BCUT2D eigenvalue weighted by Crippen LogP contribution is 2.26. The fourth-order valence-electron chi connectivity index (χ4n) is 3.40. The number of hydrogen-bond acceptors (Lipinski definition) is 7. The first kappa shape index (κ1) is 20.5. The van der Waals surface area contributed by atoms with Gasteiger partial charge < -0.3 is 10.0 Å². The van der Waals surface area contributed by atoms with E-state index in [1.54, 1.807) is 18.3 Å². The Morgan fingerprint density at radius 3 is 2.80 bits per heavy atom. The van der Waals surface area contributed by atoms with Gasteiger partial charge in [-0.3, -0.25) is 19.3 Å². The highest BCUT2D eigenvalue weighted by Gasteiger charge is 2.21. The van der Waals surface area contributed by atoms with Crippen LogP contribution in [0.2, 0.25) is 0 Å². The number of carbonyl (C=O) groups excluding carboxylic acids is 1. The molecule has 0 radical (unpaired) electrons. The van der Waals surface area contributed by atoms with Crippen molar-refractivity contribution in [1.29, 1.82) is 0 Å². The second-order valence-electron chi connectivity index (χ2n) is 8.58. The summed E-state index contributed by atoms with van der Waals surface area (Å²) < 4.78 is 1.40. The van der Waals surface area contributed by atoms with Crippen LogP contribution in [-0.2, 0) is 5.41 Å². The van der Waals surface area contributed by atoms with Crippen LogP contribution in [0.15, 0.2) is 34.6 Å². The quantitative estimate of drug-likeness (QED) is 0.667. The number of amides is 1. The van der Waals surface area contributed by atoms with Gasteiger partial charge >= 0.3 is 0 Å². The second kappa shape index (κ2) is 7.81. The number of aromatic nitrogens is 3. The number of rotatable bonds is 3. The van der Waals surface area contributed by atoms with Crippen molar-refractivity contribution in [3.63, 3.8) is 0 Å². The average molecular weight is 428 g/mol. The molecule has 3 aromatic rings. The third-order valence-corrected chi connectivity index (χ3v) is 5.89. The normalized spacial score (nSPS) is 17.3. The van der Waals surface area contributed by atoms with E-state index in [2.05, 4.69) is 36.1 Å². The van der Waals surface area contributed by atoms with Crippen LogP contribution in [0.1, 0.15) is 49.7 Å². The van der Waals surface area contributed by atoms with E-state index in [1.165, 1.54) is 21.8 Å². The molecule has 158 valence electrons. The first-order chi connectivity index (χ1) is 14.2. The van der Waals surface area contributed by atoms with Crippen molar-refractivity contribution < 1.29 is 9.90 Å². The Kier molecular flexibility index (Phi) is 5.33. The molecule has 8 nitrogen and oxygen atoms in total. The third-order valence-electron chi connectivity index (χ3n) is 5.13. The fourth-order valence-corrected chi connectivity index (χ4v) is 4.33. The summed E-state index contributed by atoms with van der Waals surface area (Å²) in [5.41, 5.74) is 1.39. The SMILES string of the molecule is CC(C)(C)c1csc(NC(=O)c2ccn3c(=O)cc(N4CCC[C@@H](O)C4)nc3c2)n1. The number of nitrogens with zero attached hydrogens (tertiary/aromatic N) is 4. The van der Waals surface area contributed by atoms with Crippen molar-refractivity contribution in [3.8, 4) is 0 Å². The number of piperidine rings is 1. The van der Waals surface area contributed by atoms with Crippen molar-refractivity contribution in [2.75, 3.05) is 23.3 Å². The number of carbonyl (C=O) groups is 1. The maximum absolute atomic E-state index is 12.7. The van der Waals surface area contributed by atoms with Crippen LogP contribution in [0.5, 0.6) is 0 Å². The maximum Gasteiger partial charge on any atom is 0.259 e. The minimum absolute atomic E-state index is 0.0913. The van der Waals surface area contributed by atoms with Gasteiger partial charge in [-0.2, -0.15) is 0 Å². The van der Waals surface area contributed by atoms with Crippen LogP contribution < -0.4 is 15.8 Å².